The van der Waals surface area contributed by atoms with Crippen molar-refractivity contribution in [2.75, 3.05) is 12.0 Å². The highest BCUT2D eigenvalue weighted by atomic mass is 32.2. The summed E-state index contributed by atoms with van der Waals surface area (Å²) in [4.78, 5) is 0. The molecule has 0 radical (unpaired) electrons. The molecule has 11 heavy (non-hydrogen) atoms. The number of hydrogen-bond acceptors (Lipinski definition) is 1. The Bertz CT molecular complexity index is 109. The lowest BCUT2D eigenvalue weighted by atomic mass is 9.87. The van der Waals surface area contributed by atoms with Crippen LogP contribution in [0.25, 0.3) is 0 Å². The molecule has 2 unspecified atom stereocenters. The topological polar surface area (TPSA) is 0 Å². The predicted molar refractivity (Wildman–Crippen MR) is 45.5 cm³/mol. The molecule has 1 aliphatic carbocycles. The van der Waals surface area contributed by atoms with E-state index in [1.165, 1.54) is 11.8 Å². The van der Waals surface area contributed by atoms with Crippen molar-refractivity contribution in [1.29, 1.82) is 0 Å². The molecule has 0 heterocycles. The van der Waals surface area contributed by atoms with Gasteiger partial charge < -0.3 is 0 Å². The molecular formula is C8H14F2S. The molecular weight excluding hydrogens is 166 g/mol. The fourth-order valence-electron chi connectivity index (χ4n) is 1.56. The molecule has 1 fully saturated rings. The van der Waals surface area contributed by atoms with Gasteiger partial charge in [0.25, 0.3) is 0 Å². The Morgan fingerprint density at radius 1 is 1.27 bits per heavy atom. The van der Waals surface area contributed by atoms with Crippen LogP contribution in [0.3, 0.4) is 0 Å². The van der Waals surface area contributed by atoms with Crippen LogP contribution in [0.2, 0.25) is 0 Å². The van der Waals surface area contributed by atoms with Crippen LogP contribution in [-0.2, 0) is 0 Å². The summed E-state index contributed by atoms with van der Waals surface area (Å²) in [7, 11) is 0. The van der Waals surface area contributed by atoms with Crippen LogP contribution in [0.15, 0.2) is 0 Å². The standard InChI is InChI=1S/C8H14F2S/c1-11-5-6-7(9)3-2-4-8(6)10/h6-8H,2-5H2,1H3. The van der Waals surface area contributed by atoms with Crippen LogP contribution >= 0.6 is 11.8 Å². The van der Waals surface area contributed by atoms with Gasteiger partial charge in [-0.2, -0.15) is 11.8 Å². The number of thioether (sulfide) groups is 1. The predicted octanol–water partition coefficient (Wildman–Crippen LogP) is 2.83. The first-order chi connectivity index (χ1) is 5.25. The van der Waals surface area contributed by atoms with Gasteiger partial charge in [-0.3, -0.25) is 0 Å². The lowest BCUT2D eigenvalue weighted by molar-refractivity contribution is 0.0913. The highest BCUT2D eigenvalue weighted by Gasteiger charge is 2.32. The smallest absolute Gasteiger partial charge is 0.106 e. The van der Waals surface area contributed by atoms with Gasteiger partial charge in [0.1, 0.15) is 12.3 Å². The molecule has 0 aromatic heterocycles. The summed E-state index contributed by atoms with van der Waals surface area (Å²) in [5.74, 6) is 0.293. The van der Waals surface area contributed by atoms with Crippen LogP contribution in [-0.4, -0.2) is 24.4 Å². The molecule has 0 nitrogen and oxygen atoms in total. The first-order valence-corrected chi connectivity index (χ1v) is 5.42. The molecule has 0 aliphatic heterocycles. The van der Waals surface area contributed by atoms with Crippen molar-refractivity contribution < 1.29 is 8.78 Å². The van der Waals surface area contributed by atoms with Crippen molar-refractivity contribution in [3.63, 3.8) is 0 Å². The van der Waals surface area contributed by atoms with Gasteiger partial charge in [0.05, 0.1) is 0 Å². The Labute approximate surface area is 70.7 Å². The molecule has 2 atom stereocenters. The normalized spacial score (nSPS) is 39.0. The average molecular weight is 180 g/mol. The van der Waals surface area contributed by atoms with Gasteiger partial charge in [-0.25, -0.2) is 8.78 Å². The molecule has 1 aliphatic rings. The van der Waals surface area contributed by atoms with Crippen LogP contribution in [0, 0.1) is 5.92 Å². The monoisotopic (exact) mass is 180 g/mol. The average Bonchev–Trinajstić information content (AvgIpc) is 1.97. The van der Waals surface area contributed by atoms with Gasteiger partial charge >= 0.3 is 0 Å². The van der Waals surface area contributed by atoms with E-state index >= 15 is 0 Å². The van der Waals surface area contributed by atoms with Crippen molar-refractivity contribution in [2.45, 2.75) is 31.6 Å². The molecule has 0 N–H and O–H groups in total. The number of hydrogen-bond donors (Lipinski definition) is 0. The quantitative estimate of drug-likeness (QED) is 0.629. The molecule has 0 saturated heterocycles. The highest BCUT2D eigenvalue weighted by molar-refractivity contribution is 7.98. The van der Waals surface area contributed by atoms with Gasteiger partial charge in [-0.05, 0) is 25.5 Å². The van der Waals surface area contributed by atoms with Crippen molar-refractivity contribution in [3.05, 3.63) is 0 Å². The number of alkyl halides is 2. The lowest BCUT2D eigenvalue weighted by Crippen LogP contribution is -2.32. The summed E-state index contributed by atoms with van der Waals surface area (Å²) >= 11 is 1.54. The fourth-order valence-corrected chi connectivity index (χ4v) is 2.37. The molecule has 0 aromatic carbocycles. The summed E-state index contributed by atoms with van der Waals surface area (Å²) in [6.45, 7) is 0. The van der Waals surface area contributed by atoms with E-state index in [1.807, 2.05) is 6.26 Å². The Hall–Kier alpha value is 0.210. The van der Waals surface area contributed by atoms with Gasteiger partial charge in [-0.15, -0.1) is 0 Å². The second-order valence-electron chi connectivity index (χ2n) is 3.08. The Morgan fingerprint density at radius 3 is 2.27 bits per heavy atom. The van der Waals surface area contributed by atoms with E-state index in [4.69, 9.17) is 0 Å². The third kappa shape index (κ3) is 2.32. The third-order valence-electron chi connectivity index (χ3n) is 2.25. The summed E-state index contributed by atoms with van der Waals surface area (Å²) in [5, 5.41) is 0. The minimum Gasteiger partial charge on any atom is -0.247 e. The molecule has 3 heteroatoms. The summed E-state index contributed by atoms with van der Waals surface area (Å²) < 4.78 is 26.1. The van der Waals surface area contributed by atoms with E-state index in [9.17, 15) is 8.78 Å². The summed E-state index contributed by atoms with van der Waals surface area (Å²) in [6.07, 6.45) is 1.94. The zero-order valence-corrected chi connectivity index (χ0v) is 7.54. The van der Waals surface area contributed by atoms with E-state index in [0.29, 0.717) is 25.0 Å². The summed E-state index contributed by atoms with van der Waals surface area (Å²) in [6, 6.07) is 0. The van der Waals surface area contributed by atoms with E-state index in [-0.39, 0.29) is 5.92 Å². The number of rotatable bonds is 2. The molecule has 66 valence electrons. The van der Waals surface area contributed by atoms with Crippen LogP contribution in [0.1, 0.15) is 19.3 Å². The van der Waals surface area contributed by atoms with Crippen molar-refractivity contribution in [2.24, 2.45) is 5.92 Å². The molecule has 1 saturated carbocycles. The van der Waals surface area contributed by atoms with Crippen molar-refractivity contribution in [1.82, 2.24) is 0 Å². The third-order valence-corrected chi connectivity index (χ3v) is 2.97. The second-order valence-corrected chi connectivity index (χ2v) is 3.99. The fraction of sp³-hybridized carbons (Fsp3) is 1.00. The molecule has 0 amide bonds. The Morgan fingerprint density at radius 2 is 1.82 bits per heavy atom. The van der Waals surface area contributed by atoms with Gasteiger partial charge in [0.2, 0.25) is 0 Å². The van der Waals surface area contributed by atoms with E-state index in [1.54, 1.807) is 0 Å². The zero-order valence-electron chi connectivity index (χ0n) is 6.72. The number of halogens is 2. The van der Waals surface area contributed by atoms with Crippen LogP contribution in [0.5, 0.6) is 0 Å². The van der Waals surface area contributed by atoms with Gasteiger partial charge in [0, 0.05) is 11.7 Å². The first-order valence-electron chi connectivity index (χ1n) is 4.02. The highest BCUT2D eigenvalue weighted by Crippen LogP contribution is 2.31. The molecule has 1 rings (SSSR count). The second kappa shape index (κ2) is 4.29. The maximum absolute atomic E-state index is 13.0. The maximum Gasteiger partial charge on any atom is 0.106 e. The molecule has 0 spiro atoms. The largest absolute Gasteiger partial charge is 0.247 e. The Balaban J connectivity index is 2.41. The molecule has 0 bridgehead atoms. The SMILES string of the molecule is CSCC1C(F)CCCC1F. The Kier molecular flexibility index (Phi) is 3.63. The van der Waals surface area contributed by atoms with Crippen molar-refractivity contribution in [3.8, 4) is 0 Å². The minimum atomic E-state index is -0.897. The summed E-state index contributed by atoms with van der Waals surface area (Å²) in [5.41, 5.74) is 0. The van der Waals surface area contributed by atoms with E-state index < -0.39 is 12.3 Å². The first kappa shape index (κ1) is 9.30. The van der Waals surface area contributed by atoms with Gasteiger partial charge in [0.15, 0.2) is 0 Å². The van der Waals surface area contributed by atoms with E-state index in [0.717, 1.165) is 0 Å². The maximum atomic E-state index is 13.0. The zero-order chi connectivity index (χ0) is 8.27. The van der Waals surface area contributed by atoms with Crippen LogP contribution < -0.4 is 0 Å². The lowest BCUT2D eigenvalue weighted by Gasteiger charge is -2.28. The van der Waals surface area contributed by atoms with E-state index in [2.05, 4.69) is 0 Å². The van der Waals surface area contributed by atoms with Crippen LogP contribution in [0.4, 0.5) is 8.78 Å². The van der Waals surface area contributed by atoms with Gasteiger partial charge in [-0.1, -0.05) is 0 Å². The minimum absolute atomic E-state index is 0.334. The molecule has 0 aromatic rings. The van der Waals surface area contributed by atoms with Crippen molar-refractivity contribution >= 4 is 11.8 Å².